The molecule has 2 amide bonds. The van der Waals surface area contributed by atoms with Crippen molar-refractivity contribution in [2.75, 3.05) is 39.8 Å². The van der Waals surface area contributed by atoms with Crippen molar-refractivity contribution in [3.8, 4) is 0 Å². The van der Waals surface area contributed by atoms with Crippen LogP contribution in [0.3, 0.4) is 0 Å². The third kappa shape index (κ3) is 4.84. The predicted octanol–water partition coefficient (Wildman–Crippen LogP) is 1.37. The summed E-state index contributed by atoms with van der Waals surface area (Å²) in [7, 11) is 1.75. The van der Waals surface area contributed by atoms with Gasteiger partial charge < -0.3 is 20.4 Å². The van der Waals surface area contributed by atoms with Gasteiger partial charge >= 0.3 is 0 Å². The molecular formula is C21H30IN5O2. The maximum Gasteiger partial charge on any atom is 0.242 e. The number of nitrogens with one attached hydrogen (secondary N) is 2. The summed E-state index contributed by atoms with van der Waals surface area (Å²) in [5.74, 6) is 0.995. The highest BCUT2D eigenvalue weighted by molar-refractivity contribution is 14.0. The Labute approximate surface area is 189 Å². The molecule has 3 aliphatic rings. The van der Waals surface area contributed by atoms with E-state index in [1.54, 1.807) is 7.05 Å². The van der Waals surface area contributed by atoms with Crippen LogP contribution < -0.4 is 10.6 Å². The number of hydrogen-bond acceptors (Lipinski definition) is 3. The van der Waals surface area contributed by atoms with E-state index in [0.717, 1.165) is 51.4 Å². The number of amides is 2. The minimum atomic E-state index is 0. The predicted molar refractivity (Wildman–Crippen MR) is 123 cm³/mol. The van der Waals surface area contributed by atoms with Crippen molar-refractivity contribution < 1.29 is 9.59 Å². The van der Waals surface area contributed by atoms with Crippen molar-refractivity contribution in [1.29, 1.82) is 0 Å². The molecule has 0 saturated carbocycles. The number of piperidine rings is 1. The molecule has 3 heterocycles. The smallest absolute Gasteiger partial charge is 0.242 e. The van der Waals surface area contributed by atoms with Crippen molar-refractivity contribution in [2.45, 2.75) is 32.2 Å². The number of fused-ring (bicyclic) bond motifs is 1. The molecule has 2 N–H and O–H groups in total. The average Bonchev–Trinajstić information content (AvgIpc) is 3.07. The van der Waals surface area contributed by atoms with Gasteiger partial charge in [0, 0.05) is 51.6 Å². The molecule has 8 heteroatoms. The van der Waals surface area contributed by atoms with Crippen molar-refractivity contribution in [3.63, 3.8) is 0 Å². The molecule has 2 saturated heterocycles. The van der Waals surface area contributed by atoms with Gasteiger partial charge in [-0.3, -0.25) is 14.6 Å². The van der Waals surface area contributed by atoms with Crippen LogP contribution in [0.4, 0.5) is 0 Å². The first-order chi connectivity index (χ1) is 13.6. The number of rotatable bonds is 2. The molecule has 0 bridgehead atoms. The first-order valence-corrected chi connectivity index (χ1v) is 10.2. The Hall–Kier alpha value is -1.84. The molecule has 4 rings (SSSR count). The maximum atomic E-state index is 12.7. The number of hydrogen-bond donors (Lipinski definition) is 2. The van der Waals surface area contributed by atoms with Crippen LogP contribution in [-0.4, -0.2) is 67.3 Å². The topological polar surface area (TPSA) is 77.0 Å². The molecule has 0 aliphatic carbocycles. The summed E-state index contributed by atoms with van der Waals surface area (Å²) in [4.78, 5) is 33.0. The van der Waals surface area contributed by atoms with Gasteiger partial charge in [-0.05, 0) is 30.4 Å². The van der Waals surface area contributed by atoms with E-state index in [0.29, 0.717) is 13.0 Å². The summed E-state index contributed by atoms with van der Waals surface area (Å²) in [6.45, 7) is 4.13. The summed E-state index contributed by atoms with van der Waals surface area (Å²) in [6.07, 6.45) is 3.59. The van der Waals surface area contributed by atoms with E-state index in [2.05, 4.69) is 38.7 Å². The molecule has 3 aliphatic heterocycles. The largest absolute Gasteiger partial charge is 0.355 e. The second kappa shape index (κ2) is 9.32. The fraction of sp³-hybridized carbons (Fsp3) is 0.571. The lowest BCUT2D eigenvalue weighted by Crippen LogP contribution is -2.53. The van der Waals surface area contributed by atoms with Crippen molar-refractivity contribution in [1.82, 2.24) is 20.4 Å². The van der Waals surface area contributed by atoms with Gasteiger partial charge in [0.25, 0.3) is 0 Å². The third-order valence-electron chi connectivity index (χ3n) is 6.25. The quantitative estimate of drug-likeness (QED) is 0.358. The Morgan fingerprint density at radius 3 is 2.76 bits per heavy atom. The van der Waals surface area contributed by atoms with Crippen molar-refractivity contribution in [2.24, 2.45) is 10.4 Å². The molecule has 1 spiro atoms. The zero-order valence-corrected chi connectivity index (χ0v) is 19.3. The number of guanidine groups is 1. The highest BCUT2D eigenvalue weighted by Crippen LogP contribution is 2.35. The van der Waals surface area contributed by atoms with Crippen LogP contribution in [0.1, 0.15) is 30.4 Å². The second-order valence-electron chi connectivity index (χ2n) is 8.21. The minimum Gasteiger partial charge on any atom is -0.355 e. The standard InChI is InChI=1S/C21H29N5O2.HI/c1-22-20(26-9-4-8-21(15-26)11-18(27)24-14-21)23-12-19(28)25-10-7-16-5-2-3-6-17(16)13-25;/h2-3,5-6H,4,7-15H2,1H3,(H,22,23)(H,24,27);1H. The van der Waals surface area contributed by atoms with Crippen LogP contribution in [0.25, 0.3) is 0 Å². The summed E-state index contributed by atoms with van der Waals surface area (Å²) in [6, 6.07) is 8.33. The van der Waals surface area contributed by atoms with Gasteiger partial charge in [0.15, 0.2) is 5.96 Å². The van der Waals surface area contributed by atoms with Gasteiger partial charge in [-0.25, -0.2) is 0 Å². The lowest BCUT2D eigenvalue weighted by Gasteiger charge is -2.40. The van der Waals surface area contributed by atoms with Crippen LogP contribution in [-0.2, 0) is 22.6 Å². The maximum absolute atomic E-state index is 12.7. The zero-order chi connectivity index (χ0) is 19.6. The Morgan fingerprint density at radius 2 is 2.03 bits per heavy atom. The van der Waals surface area contributed by atoms with E-state index in [-0.39, 0.29) is 47.8 Å². The fourth-order valence-corrected chi connectivity index (χ4v) is 4.74. The SMILES string of the molecule is CN=C(NCC(=O)N1CCc2ccccc2C1)N1CCCC2(CNC(=O)C2)C1.I. The average molecular weight is 511 g/mol. The van der Waals surface area contributed by atoms with Crippen LogP contribution in [0.2, 0.25) is 0 Å². The summed E-state index contributed by atoms with van der Waals surface area (Å²) < 4.78 is 0. The van der Waals surface area contributed by atoms with Crippen LogP contribution in [0.15, 0.2) is 29.3 Å². The molecule has 0 aromatic heterocycles. The Bertz CT molecular complexity index is 799. The molecule has 0 radical (unpaired) electrons. The molecule has 7 nitrogen and oxygen atoms in total. The Morgan fingerprint density at radius 1 is 1.24 bits per heavy atom. The van der Waals surface area contributed by atoms with Gasteiger partial charge in [-0.2, -0.15) is 0 Å². The van der Waals surface area contributed by atoms with Gasteiger partial charge in [-0.15, -0.1) is 24.0 Å². The number of carbonyl (C=O) groups excluding carboxylic acids is 2. The molecule has 1 atom stereocenters. The zero-order valence-electron chi connectivity index (χ0n) is 16.9. The molecular weight excluding hydrogens is 481 g/mol. The first-order valence-electron chi connectivity index (χ1n) is 10.2. The molecule has 1 aromatic carbocycles. The Balaban J connectivity index is 0.00000240. The summed E-state index contributed by atoms with van der Waals surface area (Å²) in [5.41, 5.74) is 2.59. The van der Waals surface area contributed by atoms with Crippen LogP contribution in [0, 0.1) is 5.41 Å². The van der Waals surface area contributed by atoms with Gasteiger partial charge in [-0.1, -0.05) is 24.3 Å². The lowest BCUT2D eigenvalue weighted by molar-refractivity contribution is -0.130. The van der Waals surface area contributed by atoms with E-state index in [4.69, 9.17) is 0 Å². The highest BCUT2D eigenvalue weighted by Gasteiger charge is 2.42. The van der Waals surface area contributed by atoms with E-state index in [1.807, 2.05) is 11.0 Å². The molecule has 2 fully saturated rings. The van der Waals surface area contributed by atoms with Gasteiger partial charge in [0.05, 0.1) is 6.54 Å². The fourth-order valence-electron chi connectivity index (χ4n) is 4.74. The monoisotopic (exact) mass is 511 g/mol. The molecule has 1 aromatic rings. The minimum absolute atomic E-state index is 0. The van der Waals surface area contributed by atoms with E-state index in [1.165, 1.54) is 11.1 Å². The number of benzene rings is 1. The van der Waals surface area contributed by atoms with E-state index < -0.39 is 0 Å². The van der Waals surface area contributed by atoms with Crippen LogP contribution in [0.5, 0.6) is 0 Å². The van der Waals surface area contributed by atoms with Gasteiger partial charge in [0.1, 0.15) is 0 Å². The Kier molecular flexibility index (Phi) is 7.02. The van der Waals surface area contributed by atoms with E-state index >= 15 is 0 Å². The van der Waals surface area contributed by atoms with E-state index in [9.17, 15) is 9.59 Å². The number of carbonyl (C=O) groups is 2. The summed E-state index contributed by atoms with van der Waals surface area (Å²) >= 11 is 0. The normalized spacial score (nSPS) is 24.0. The molecule has 29 heavy (non-hydrogen) atoms. The number of aliphatic imine (C=N–C) groups is 1. The van der Waals surface area contributed by atoms with Crippen molar-refractivity contribution >= 4 is 41.8 Å². The first kappa shape index (κ1) is 21.9. The van der Waals surface area contributed by atoms with Crippen LogP contribution >= 0.6 is 24.0 Å². The third-order valence-corrected chi connectivity index (χ3v) is 6.25. The van der Waals surface area contributed by atoms with Gasteiger partial charge in [0.2, 0.25) is 11.8 Å². The lowest BCUT2D eigenvalue weighted by atomic mass is 9.79. The number of halogens is 1. The highest BCUT2D eigenvalue weighted by atomic mass is 127. The van der Waals surface area contributed by atoms with Crippen molar-refractivity contribution in [3.05, 3.63) is 35.4 Å². The second-order valence-corrected chi connectivity index (χ2v) is 8.21. The summed E-state index contributed by atoms with van der Waals surface area (Å²) in [5, 5.41) is 6.23. The number of nitrogens with zero attached hydrogens (tertiary/aromatic N) is 3. The molecule has 1 unspecified atom stereocenters. The number of likely N-dealkylation sites (tertiary alicyclic amines) is 1. The molecule has 158 valence electrons.